The number of piperazine rings is 1. The van der Waals surface area contributed by atoms with Gasteiger partial charge < -0.3 is 16.0 Å². The van der Waals surface area contributed by atoms with Gasteiger partial charge in [-0.2, -0.15) is 0 Å². The second-order valence-corrected chi connectivity index (χ2v) is 5.44. The van der Waals surface area contributed by atoms with E-state index in [9.17, 15) is 9.59 Å². The molecule has 20 heavy (non-hydrogen) atoms. The molecule has 2 aliphatic rings. The summed E-state index contributed by atoms with van der Waals surface area (Å²) in [6.07, 6.45) is 1.97. The SMILES string of the molecule is O=C(C[C@H]1NCCNC1=O)NC1Cc2ccccc2C1. The lowest BCUT2D eigenvalue weighted by atomic mass is 10.1. The number of hydrogen-bond donors (Lipinski definition) is 3. The van der Waals surface area contributed by atoms with E-state index >= 15 is 0 Å². The highest BCUT2D eigenvalue weighted by Gasteiger charge is 2.27. The summed E-state index contributed by atoms with van der Waals surface area (Å²) in [6, 6.07) is 8.03. The number of nitrogens with one attached hydrogen (secondary N) is 3. The minimum Gasteiger partial charge on any atom is -0.353 e. The molecule has 3 N–H and O–H groups in total. The van der Waals surface area contributed by atoms with Crippen LogP contribution in [0.15, 0.2) is 24.3 Å². The Kier molecular flexibility index (Phi) is 3.69. The van der Waals surface area contributed by atoms with Crippen molar-refractivity contribution in [3.8, 4) is 0 Å². The summed E-state index contributed by atoms with van der Waals surface area (Å²) in [7, 11) is 0. The molecular weight excluding hydrogens is 254 g/mol. The molecule has 1 aliphatic carbocycles. The third-order valence-corrected chi connectivity index (χ3v) is 3.94. The van der Waals surface area contributed by atoms with Crippen LogP contribution in [0.3, 0.4) is 0 Å². The van der Waals surface area contributed by atoms with Crippen LogP contribution in [0.1, 0.15) is 17.5 Å². The number of carbonyl (C=O) groups excluding carboxylic acids is 2. The first-order valence-electron chi connectivity index (χ1n) is 7.09. The molecule has 106 valence electrons. The van der Waals surface area contributed by atoms with E-state index in [0.29, 0.717) is 6.54 Å². The van der Waals surface area contributed by atoms with Crippen molar-refractivity contribution in [2.24, 2.45) is 0 Å². The molecule has 1 aromatic rings. The summed E-state index contributed by atoms with van der Waals surface area (Å²) in [5.74, 6) is -0.140. The van der Waals surface area contributed by atoms with Crippen LogP contribution in [-0.4, -0.2) is 37.0 Å². The van der Waals surface area contributed by atoms with Crippen LogP contribution < -0.4 is 16.0 Å². The van der Waals surface area contributed by atoms with Gasteiger partial charge in [0.15, 0.2) is 0 Å². The lowest BCUT2D eigenvalue weighted by Gasteiger charge is -2.23. The van der Waals surface area contributed by atoms with Gasteiger partial charge in [0.25, 0.3) is 0 Å². The van der Waals surface area contributed by atoms with Gasteiger partial charge in [-0.1, -0.05) is 24.3 Å². The Bertz CT molecular complexity index is 505. The fourth-order valence-electron chi connectivity index (χ4n) is 2.95. The molecular formula is C15H19N3O2. The molecule has 5 heteroatoms. The molecule has 0 unspecified atom stereocenters. The maximum Gasteiger partial charge on any atom is 0.237 e. The highest BCUT2D eigenvalue weighted by Crippen LogP contribution is 2.21. The predicted molar refractivity (Wildman–Crippen MR) is 75.2 cm³/mol. The summed E-state index contributed by atoms with van der Waals surface area (Å²) < 4.78 is 0. The zero-order valence-corrected chi connectivity index (χ0v) is 11.3. The molecule has 3 rings (SSSR count). The second-order valence-electron chi connectivity index (χ2n) is 5.44. The first kappa shape index (κ1) is 13.1. The van der Waals surface area contributed by atoms with Gasteiger partial charge in [-0.05, 0) is 24.0 Å². The van der Waals surface area contributed by atoms with Gasteiger partial charge in [-0.25, -0.2) is 0 Å². The molecule has 0 saturated carbocycles. The topological polar surface area (TPSA) is 70.2 Å². The number of fused-ring (bicyclic) bond motifs is 1. The number of amides is 2. The molecule has 0 radical (unpaired) electrons. The molecule has 0 bridgehead atoms. The summed E-state index contributed by atoms with van der Waals surface area (Å²) in [4.78, 5) is 23.6. The lowest BCUT2D eigenvalue weighted by molar-refractivity contribution is -0.129. The third kappa shape index (κ3) is 2.82. The van der Waals surface area contributed by atoms with Gasteiger partial charge in [0.1, 0.15) is 0 Å². The van der Waals surface area contributed by atoms with E-state index < -0.39 is 6.04 Å². The maximum absolute atomic E-state index is 12.0. The normalized spacial score (nSPS) is 22.2. The smallest absolute Gasteiger partial charge is 0.237 e. The average molecular weight is 273 g/mol. The van der Waals surface area contributed by atoms with Gasteiger partial charge in [-0.15, -0.1) is 0 Å². The molecule has 1 atom stereocenters. The van der Waals surface area contributed by atoms with E-state index in [1.165, 1.54) is 11.1 Å². The maximum atomic E-state index is 12.0. The summed E-state index contributed by atoms with van der Waals surface area (Å²) in [6.45, 7) is 1.35. The van der Waals surface area contributed by atoms with E-state index in [2.05, 4.69) is 28.1 Å². The van der Waals surface area contributed by atoms with Crippen molar-refractivity contribution in [3.63, 3.8) is 0 Å². The van der Waals surface area contributed by atoms with Crippen LogP contribution in [0.4, 0.5) is 0 Å². The van der Waals surface area contributed by atoms with Gasteiger partial charge in [0.05, 0.1) is 12.5 Å². The van der Waals surface area contributed by atoms with Crippen LogP contribution >= 0.6 is 0 Å². The first-order chi connectivity index (χ1) is 9.72. The molecule has 2 amide bonds. The molecule has 1 fully saturated rings. The Hall–Kier alpha value is -1.88. The Morgan fingerprint density at radius 3 is 2.55 bits per heavy atom. The van der Waals surface area contributed by atoms with Crippen molar-refractivity contribution in [1.29, 1.82) is 0 Å². The van der Waals surface area contributed by atoms with Gasteiger partial charge in [0, 0.05) is 19.1 Å². The van der Waals surface area contributed by atoms with Crippen molar-refractivity contribution >= 4 is 11.8 Å². The standard InChI is InChI=1S/C15H19N3O2/c19-14(9-13-15(20)17-6-5-16-13)18-12-7-10-3-1-2-4-11(10)8-12/h1-4,12-13,16H,5-9H2,(H,17,20)(H,18,19)/t13-/m1/s1. The van der Waals surface area contributed by atoms with Crippen LogP contribution in [0, 0.1) is 0 Å². The van der Waals surface area contributed by atoms with E-state index in [-0.39, 0.29) is 24.3 Å². The van der Waals surface area contributed by atoms with E-state index in [4.69, 9.17) is 0 Å². The monoisotopic (exact) mass is 273 g/mol. The van der Waals surface area contributed by atoms with Crippen molar-refractivity contribution < 1.29 is 9.59 Å². The van der Waals surface area contributed by atoms with Crippen LogP contribution in [0.5, 0.6) is 0 Å². The van der Waals surface area contributed by atoms with Gasteiger partial charge in [0.2, 0.25) is 11.8 Å². The van der Waals surface area contributed by atoms with Crippen LogP contribution in [0.25, 0.3) is 0 Å². The molecule has 1 heterocycles. The van der Waals surface area contributed by atoms with Gasteiger partial charge >= 0.3 is 0 Å². The van der Waals surface area contributed by atoms with Crippen molar-refractivity contribution in [2.75, 3.05) is 13.1 Å². The second kappa shape index (κ2) is 5.63. The zero-order valence-electron chi connectivity index (χ0n) is 11.3. The highest BCUT2D eigenvalue weighted by molar-refractivity contribution is 5.88. The number of carbonyl (C=O) groups is 2. The molecule has 0 aromatic heterocycles. The van der Waals surface area contributed by atoms with E-state index in [0.717, 1.165) is 19.4 Å². The summed E-state index contributed by atoms with van der Waals surface area (Å²) in [5.41, 5.74) is 2.62. The van der Waals surface area contributed by atoms with Gasteiger partial charge in [-0.3, -0.25) is 9.59 Å². The van der Waals surface area contributed by atoms with Crippen molar-refractivity contribution in [2.45, 2.75) is 31.3 Å². The first-order valence-corrected chi connectivity index (χ1v) is 7.09. The number of benzene rings is 1. The Labute approximate surface area is 118 Å². The molecule has 0 spiro atoms. The van der Waals surface area contributed by atoms with E-state index in [1.807, 2.05) is 12.1 Å². The summed E-state index contributed by atoms with van der Waals surface area (Å²) >= 11 is 0. The van der Waals surface area contributed by atoms with Crippen molar-refractivity contribution in [1.82, 2.24) is 16.0 Å². The summed E-state index contributed by atoms with van der Waals surface area (Å²) in [5, 5.41) is 8.87. The largest absolute Gasteiger partial charge is 0.353 e. The quantitative estimate of drug-likeness (QED) is 0.711. The fraction of sp³-hybridized carbons (Fsp3) is 0.467. The molecule has 5 nitrogen and oxygen atoms in total. The Balaban J connectivity index is 1.52. The fourth-order valence-corrected chi connectivity index (χ4v) is 2.95. The van der Waals surface area contributed by atoms with E-state index in [1.54, 1.807) is 0 Å². The zero-order chi connectivity index (χ0) is 13.9. The number of hydrogen-bond acceptors (Lipinski definition) is 3. The van der Waals surface area contributed by atoms with Crippen molar-refractivity contribution in [3.05, 3.63) is 35.4 Å². The molecule has 1 aliphatic heterocycles. The van der Waals surface area contributed by atoms with Crippen LogP contribution in [-0.2, 0) is 22.4 Å². The average Bonchev–Trinajstić information content (AvgIpc) is 2.83. The molecule has 1 saturated heterocycles. The highest BCUT2D eigenvalue weighted by atomic mass is 16.2. The Morgan fingerprint density at radius 2 is 1.90 bits per heavy atom. The minimum atomic E-state index is -0.396. The van der Waals surface area contributed by atoms with Crippen LogP contribution in [0.2, 0.25) is 0 Å². The molecule has 1 aromatic carbocycles. The number of rotatable bonds is 3. The predicted octanol–water partition coefficient (Wildman–Crippen LogP) is -0.252. The lowest BCUT2D eigenvalue weighted by Crippen LogP contribution is -2.54. The Morgan fingerprint density at radius 1 is 1.20 bits per heavy atom. The third-order valence-electron chi connectivity index (χ3n) is 3.94. The minimum absolute atomic E-state index is 0.0580.